The fourth-order valence-corrected chi connectivity index (χ4v) is 3.97. The van der Waals surface area contributed by atoms with E-state index >= 15 is 0 Å². The number of aliphatic hydroxyl groups is 1. The zero-order chi connectivity index (χ0) is 22.3. The van der Waals surface area contributed by atoms with Crippen molar-refractivity contribution in [2.45, 2.75) is 33.7 Å². The number of anilines is 1. The van der Waals surface area contributed by atoms with Crippen LogP contribution in [0.4, 0.5) is 5.69 Å². The number of hydrogen-bond donors (Lipinski definition) is 1. The molecule has 1 amide bonds. The van der Waals surface area contributed by atoms with E-state index in [0.29, 0.717) is 16.8 Å². The maximum absolute atomic E-state index is 13.2. The van der Waals surface area contributed by atoms with Crippen LogP contribution in [0.2, 0.25) is 0 Å². The molecule has 0 spiro atoms. The average molecular weight is 412 g/mol. The van der Waals surface area contributed by atoms with Gasteiger partial charge in [-0.3, -0.25) is 19.5 Å². The van der Waals surface area contributed by atoms with Gasteiger partial charge >= 0.3 is 0 Å². The summed E-state index contributed by atoms with van der Waals surface area (Å²) in [5.74, 6) is -1.54. The number of aliphatic hydroxyl groups excluding tert-OH is 1. The fourth-order valence-electron chi connectivity index (χ4n) is 3.97. The average Bonchev–Trinajstić information content (AvgIpc) is 3.03. The largest absolute Gasteiger partial charge is 0.507 e. The van der Waals surface area contributed by atoms with E-state index in [9.17, 15) is 14.7 Å². The topological polar surface area (TPSA) is 70.5 Å². The van der Waals surface area contributed by atoms with Crippen LogP contribution in [0.1, 0.15) is 39.4 Å². The van der Waals surface area contributed by atoms with Gasteiger partial charge in [-0.25, -0.2) is 0 Å². The van der Waals surface area contributed by atoms with Crippen molar-refractivity contribution >= 4 is 23.1 Å². The number of pyridine rings is 1. The van der Waals surface area contributed by atoms with Crippen LogP contribution >= 0.6 is 0 Å². The second-order valence-corrected chi connectivity index (χ2v) is 7.97. The Morgan fingerprint density at radius 3 is 2.39 bits per heavy atom. The Hall–Kier alpha value is -3.73. The van der Waals surface area contributed by atoms with E-state index < -0.39 is 17.7 Å². The smallest absolute Gasteiger partial charge is 0.300 e. The van der Waals surface area contributed by atoms with Gasteiger partial charge in [0.25, 0.3) is 11.7 Å². The number of Topliss-reactive ketones (excluding diaryl/α,β-unsaturated/α-hetero) is 1. The van der Waals surface area contributed by atoms with Gasteiger partial charge in [0.15, 0.2) is 0 Å². The van der Waals surface area contributed by atoms with Crippen molar-refractivity contribution in [2.24, 2.45) is 0 Å². The minimum Gasteiger partial charge on any atom is -0.507 e. The van der Waals surface area contributed by atoms with Gasteiger partial charge in [-0.05, 0) is 73.7 Å². The molecule has 1 aromatic heterocycles. The SMILES string of the molecule is Cc1ccc(/C(O)=C2\C(=O)C(=O)N(c3cccc(C)c3C)C2c2cccnc2)cc1C. The molecule has 1 N–H and O–H groups in total. The quantitative estimate of drug-likeness (QED) is 0.376. The molecule has 0 saturated carbocycles. The van der Waals surface area contributed by atoms with Gasteiger partial charge in [-0.15, -0.1) is 0 Å². The summed E-state index contributed by atoms with van der Waals surface area (Å²) in [4.78, 5) is 32.1. The monoisotopic (exact) mass is 412 g/mol. The van der Waals surface area contributed by atoms with E-state index in [4.69, 9.17) is 0 Å². The van der Waals surface area contributed by atoms with Gasteiger partial charge in [0, 0.05) is 23.6 Å². The summed E-state index contributed by atoms with van der Waals surface area (Å²) in [5.41, 5.74) is 5.88. The summed E-state index contributed by atoms with van der Waals surface area (Å²) in [5, 5.41) is 11.2. The van der Waals surface area contributed by atoms with Crippen LogP contribution < -0.4 is 4.90 Å². The highest BCUT2D eigenvalue weighted by Gasteiger charge is 2.47. The summed E-state index contributed by atoms with van der Waals surface area (Å²) in [6.07, 6.45) is 3.26. The van der Waals surface area contributed by atoms with Gasteiger partial charge in [-0.1, -0.05) is 30.3 Å². The number of ketones is 1. The van der Waals surface area contributed by atoms with Crippen molar-refractivity contribution in [3.05, 3.63) is 99.9 Å². The third kappa shape index (κ3) is 3.42. The summed E-state index contributed by atoms with van der Waals surface area (Å²) in [6, 6.07) is 13.9. The minimum absolute atomic E-state index is 0.0714. The van der Waals surface area contributed by atoms with Gasteiger partial charge in [0.2, 0.25) is 0 Å². The molecule has 2 aromatic carbocycles. The number of amides is 1. The first kappa shape index (κ1) is 20.5. The molecular weight excluding hydrogens is 388 g/mol. The highest BCUT2D eigenvalue weighted by molar-refractivity contribution is 6.51. The normalized spacial score (nSPS) is 17.9. The highest BCUT2D eigenvalue weighted by atomic mass is 16.3. The van der Waals surface area contributed by atoms with Crippen LogP contribution in [-0.4, -0.2) is 21.8 Å². The molecule has 0 bridgehead atoms. The number of aromatic nitrogens is 1. The number of nitrogens with zero attached hydrogens (tertiary/aromatic N) is 2. The molecule has 1 saturated heterocycles. The first-order valence-electron chi connectivity index (χ1n) is 10.2. The van der Waals surface area contributed by atoms with Crippen LogP contribution in [-0.2, 0) is 9.59 Å². The summed E-state index contributed by atoms with van der Waals surface area (Å²) in [6.45, 7) is 7.81. The summed E-state index contributed by atoms with van der Waals surface area (Å²) >= 11 is 0. The van der Waals surface area contributed by atoms with Crippen molar-refractivity contribution < 1.29 is 14.7 Å². The highest BCUT2D eigenvalue weighted by Crippen LogP contribution is 2.43. The van der Waals surface area contributed by atoms with Gasteiger partial charge in [0.1, 0.15) is 5.76 Å². The molecule has 1 unspecified atom stereocenters. The van der Waals surface area contributed by atoms with Crippen molar-refractivity contribution in [1.29, 1.82) is 0 Å². The Morgan fingerprint density at radius 1 is 0.935 bits per heavy atom. The Labute approximate surface area is 181 Å². The third-order valence-electron chi connectivity index (χ3n) is 6.06. The standard InChI is InChI=1S/C26H24N2O3/c1-15-10-11-19(13-17(15)3)24(29)22-23(20-8-6-12-27-14-20)28(26(31)25(22)30)21-9-5-7-16(2)18(21)4/h5-14,23,29H,1-4H3/b24-22+. The third-order valence-corrected chi connectivity index (χ3v) is 6.06. The second-order valence-electron chi connectivity index (χ2n) is 7.97. The van der Waals surface area contributed by atoms with Crippen LogP contribution in [0.25, 0.3) is 5.76 Å². The van der Waals surface area contributed by atoms with E-state index in [0.717, 1.165) is 22.3 Å². The molecule has 5 nitrogen and oxygen atoms in total. The molecule has 4 rings (SSSR count). The number of carbonyl (C=O) groups is 2. The molecule has 1 aliphatic heterocycles. The molecule has 1 atom stereocenters. The summed E-state index contributed by atoms with van der Waals surface area (Å²) in [7, 11) is 0. The number of carbonyl (C=O) groups excluding carboxylic acids is 2. The van der Waals surface area contributed by atoms with E-state index in [2.05, 4.69) is 4.98 Å². The Bertz CT molecular complexity index is 1230. The lowest BCUT2D eigenvalue weighted by Crippen LogP contribution is -2.30. The predicted octanol–water partition coefficient (Wildman–Crippen LogP) is 4.94. The molecule has 1 aliphatic rings. The molecule has 156 valence electrons. The lowest BCUT2D eigenvalue weighted by molar-refractivity contribution is -0.132. The van der Waals surface area contributed by atoms with E-state index in [1.165, 1.54) is 4.90 Å². The summed E-state index contributed by atoms with van der Waals surface area (Å²) < 4.78 is 0. The van der Waals surface area contributed by atoms with Gasteiger partial charge in [-0.2, -0.15) is 0 Å². The predicted molar refractivity (Wildman–Crippen MR) is 121 cm³/mol. The zero-order valence-corrected chi connectivity index (χ0v) is 18.0. The number of benzene rings is 2. The van der Waals surface area contributed by atoms with Crippen molar-refractivity contribution in [3.8, 4) is 0 Å². The maximum atomic E-state index is 13.2. The van der Waals surface area contributed by atoms with E-state index in [1.807, 2.05) is 64.1 Å². The first-order chi connectivity index (χ1) is 14.8. The number of aryl methyl sites for hydroxylation is 3. The molecular formula is C26H24N2O3. The van der Waals surface area contributed by atoms with Gasteiger partial charge < -0.3 is 5.11 Å². The Kier molecular flexibility index (Phi) is 5.19. The molecule has 2 heterocycles. The Balaban J connectivity index is 1.98. The van der Waals surface area contributed by atoms with Crippen LogP contribution in [0.15, 0.2) is 66.5 Å². The maximum Gasteiger partial charge on any atom is 0.300 e. The molecule has 0 radical (unpaired) electrons. The van der Waals surface area contributed by atoms with Gasteiger partial charge in [0.05, 0.1) is 11.6 Å². The number of rotatable bonds is 3. The molecule has 5 heteroatoms. The minimum atomic E-state index is -0.768. The second kappa shape index (κ2) is 7.84. The van der Waals surface area contributed by atoms with Crippen molar-refractivity contribution in [2.75, 3.05) is 4.90 Å². The zero-order valence-electron chi connectivity index (χ0n) is 18.0. The lowest BCUT2D eigenvalue weighted by atomic mass is 9.94. The Morgan fingerprint density at radius 2 is 1.71 bits per heavy atom. The van der Waals surface area contributed by atoms with Crippen LogP contribution in [0, 0.1) is 27.7 Å². The number of hydrogen-bond acceptors (Lipinski definition) is 4. The van der Waals surface area contributed by atoms with Crippen LogP contribution in [0.3, 0.4) is 0 Å². The van der Waals surface area contributed by atoms with E-state index in [-0.39, 0.29) is 11.3 Å². The van der Waals surface area contributed by atoms with E-state index in [1.54, 1.807) is 24.5 Å². The molecule has 1 fully saturated rings. The molecule has 0 aliphatic carbocycles. The van der Waals surface area contributed by atoms with Crippen LogP contribution in [0.5, 0.6) is 0 Å². The lowest BCUT2D eigenvalue weighted by Gasteiger charge is -2.27. The first-order valence-corrected chi connectivity index (χ1v) is 10.2. The molecule has 31 heavy (non-hydrogen) atoms. The van der Waals surface area contributed by atoms with Crippen molar-refractivity contribution in [3.63, 3.8) is 0 Å². The van der Waals surface area contributed by atoms with Crippen molar-refractivity contribution in [1.82, 2.24) is 4.98 Å². The molecule has 3 aromatic rings. The fraction of sp³-hybridized carbons (Fsp3) is 0.192.